The number of benzene rings is 1. The zero-order chi connectivity index (χ0) is 17.3. The lowest BCUT2D eigenvalue weighted by molar-refractivity contribution is -0.384. The molecule has 1 heterocycles. The largest absolute Gasteiger partial charge is 0.384 e. The fourth-order valence-electron chi connectivity index (χ4n) is 2.02. The third-order valence-electron chi connectivity index (χ3n) is 2.99. The van der Waals surface area contributed by atoms with E-state index in [1.807, 2.05) is 0 Å². The summed E-state index contributed by atoms with van der Waals surface area (Å²) < 4.78 is 0. The molecule has 0 saturated carbocycles. The van der Waals surface area contributed by atoms with Crippen molar-refractivity contribution >= 4 is 34.7 Å². The number of halogens is 2. The van der Waals surface area contributed by atoms with E-state index >= 15 is 0 Å². The molecule has 0 saturated heterocycles. The molecule has 0 unspecified atom stereocenters. The summed E-state index contributed by atoms with van der Waals surface area (Å²) in [6.07, 6.45) is 0. The molecule has 23 heavy (non-hydrogen) atoms. The Morgan fingerprint density at radius 3 is 2.30 bits per heavy atom. The predicted molar refractivity (Wildman–Crippen MR) is 83.0 cm³/mol. The van der Waals surface area contributed by atoms with Gasteiger partial charge in [0.1, 0.15) is 29.1 Å². The van der Waals surface area contributed by atoms with Gasteiger partial charge in [-0.05, 0) is 6.07 Å². The highest BCUT2D eigenvalue weighted by atomic mass is 35.5. The lowest BCUT2D eigenvalue weighted by Crippen LogP contribution is -2.16. The number of nitro groups is 1. The number of nitrogens with two attached hydrogens (primary N) is 1. The lowest BCUT2D eigenvalue weighted by Gasteiger charge is -2.11. The van der Waals surface area contributed by atoms with E-state index in [2.05, 4.69) is 4.98 Å². The van der Waals surface area contributed by atoms with E-state index in [1.165, 1.54) is 6.07 Å². The summed E-state index contributed by atoms with van der Waals surface area (Å²) in [5.74, 6) is -0.336. The quantitative estimate of drug-likeness (QED) is 0.628. The van der Waals surface area contributed by atoms with Gasteiger partial charge in [-0.1, -0.05) is 23.2 Å². The van der Waals surface area contributed by atoms with Crippen LogP contribution in [0.4, 0.5) is 11.5 Å². The van der Waals surface area contributed by atoms with Gasteiger partial charge in [0.15, 0.2) is 0 Å². The SMILES string of the molecule is N#Cc1c(N)[nH]c(=O)c(C#N)c1-c1c([N+](=O)[O-])ccc(Cl)c1Cl. The van der Waals surface area contributed by atoms with Gasteiger partial charge in [-0.15, -0.1) is 0 Å². The molecule has 0 aliphatic carbocycles. The maximum absolute atomic E-state index is 11.9. The van der Waals surface area contributed by atoms with E-state index in [-0.39, 0.29) is 32.6 Å². The molecule has 0 amide bonds. The number of H-pyrrole nitrogens is 1. The molecule has 1 aromatic carbocycles. The highest BCUT2D eigenvalue weighted by Crippen LogP contribution is 2.43. The maximum Gasteiger partial charge on any atom is 0.278 e. The molecule has 3 N–H and O–H groups in total. The van der Waals surface area contributed by atoms with Crippen molar-refractivity contribution in [2.24, 2.45) is 0 Å². The number of nitriles is 2. The fraction of sp³-hybridized carbons (Fsp3) is 0. The smallest absolute Gasteiger partial charge is 0.278 e. The molecule has 0 aliphatic rings. The van der Waals surface area contributed by atoms with Gasteiger partial charge < -0.3 is 10.7 Å². The van der Waals surface area contributed by atoms with Gasteiger partial charge in [-0.25, -0.2) is 0 Å². The minimum atomic E-state index is -0.899. The number of nitrogen functional groups attached to an aromatic ring is 1. The van der Waals surface area contributed by atoms with Gasteiger partial charge in [0.05, 0.1) is 20.5 Å². The molecular weight excluding hydrogens is 345 g/mol. The number of nitrogens with zero attached hydrogens (tertiary/aromatic N) is 3. The van der Waals surface area contributed by atoms with Crippen LogP contribution in [0.25, 0.3) is 11.1 Å². The Hall–Kier alpha value is -3.07. The average molecular weight is 350 g/mol. The van der Waals surface area contributed by atoms with Gasteiger partial charge >= 0.3 is 0 Å². The van der Waals surface area contributed by atoms with Crippen molar-refractivity contribution in [1.29, 1.82) is 10.5 Å². The summed E-state index contributed by atoms with van der Waals surface area (Å²) in [6, 6.07) is 5.56. The number of hydrogen-bond acceptors (Lipinski definition) is 6. The van der Waals surface area contributed by atoms with Crippen molar-refractivity contribution < 1.29 is 4.92 Å². The molecule has 2 rings (SSSR count). The third-order valence-corrected chi connectivity index (χ3v) is 3.79. The van der Waals surface area contributed by atoms with Crippen LogP contribution in [0.2, 0.25) is 10.0 Å². The van der Waals surface area contributed by atoms with Crippen LogP contribution in [-0.2, 0) is 0 Å². The van der Waals surface area contributed by atoms with Gasteiger partial charge in [0.25, 0.3) is 11.2 Å². The first-order valence-corrected chi connectivity index (χ1v) is 6.57. The average Bonchev–Trinajstić information content (AvgIpc) is 2.49. The van der Waals surface area contributed by atoms with E-state index < -0.39 is 21.7 Å². The fourth-order valence-corrected chi connectivity index (χ4v) is 2.44. The number of rotatable bonds is 2. The van der Waals surface area contributed by atoms with Gasteiger partial charge in [-0.2, -0.15) is 10.5 Å². The predicted octanol–water partition coefficient (Wildman–Crippen LogP) is 2.58. The summed E-state index contributed by atoms with van der Waals surface area (Å²) in [6.45, 7) is 0. The van der Waals surface area contributed by atoms with E-state index in [0.29, 0.717) is 0 Å². The Balaban J connectivity index is 3.14. The molecule has 114 valence electrons. The molecule has 0 bridgehead atoms. The Morgan fingerprint density at radius 1 is 1.17 bits per heavy atom. The highest BCUT2D eigenvalue weighted by Gasteiger charge is 2.28. The second-order valence-electron chi connectivity index (χ2n) is 4.23. The van der Waals surface area contributed by atoms with Crippen LogP contribution in [0, 0.1) is 32.8 Å². The van der Waals surface area contributed by atoms with Gasteiger partial charge in [-0.3, -0.25) is 14.9 Å². The first-order valence-electron chi connectivity index (χ1n) is 5.82. The molecule has 1 aromatic heterocycles. The Bertz CT molecular complexity index is 985. The Labute approximate surface area is 138 Å². The minimum absolute atomic E-state index is 0.0427. The van der Waals surface area contributed by atoms with Gasteiger partial charge in [0.2, 0.25) is 0 Å². The van der Waals surface area contributed by atoms with Crippen LogP contribution in [0.3, 0.4) is 0 Å². The Kier molecular flexibility index (Phi) is 4.23. The van der Waals surface area contributed by atoms with Crippen LogP contribution >= 0.6 is 23.2 Å². The summed E-state index contributed by atoms with van der Waals surface area (Å²) in [5, 5.41) is 29.4. The number of pyridine rings is 1. The normalized spacial score (nSPS) is 9.91. The monoisotopic (exact) mass is 349 g/mol. The number of hydrogen-bond donors (Lipinski definition) is 2. The zero-order valence-electron chi connectivity index (χ0n) is 11.1. The van der Waals surface area contributed by atoms with E-state index in [0.717, 1.165) is 6.07 Å². The first-order chi connectivity index (χ1) is 10.8. The molecule has 0 aliphatic heterocycles. The molecule has 0 radical (unpaired) electrons. The van der Waals surface area contributed by atoms with Crippen LogP contribution in [0.1, 0.15) is 11.1 Å². The van der Waals surface area contributed by atoms with Crippen molar-refractivity contribution in [3.05, 3.63) is 53.8 Å². The van der Waals surface area contributed by atoms with Crippen molar-refractivity contribution in [2.75, 3.05) is 5.73 Å². The van der Waals surface area contributed by atoms with Crippen molar-refractivity contribution in [1.82, 2.24) is 4.98 Å². The Morgan fingerprint density at radius 2 is 1.78 bits per heavy atom. The summed E-state index contributed by atoms with van der Waals surface area (Å²) in [5.41, 5.74) is 2.69. The van der Waals surface area contributed by atoms with E-state index in [1.54, 1.807) is 12.1 Å². The lowest BCUT2D eigenvalue weighted by atomic mass is 9.95. The van der Waals surface area contributed by atoms with Crippen molar-refractivity contribution in [2.45, 2.75) is 0 Å². The van der Waals surface area contributed by atoms with Gasteiger partial charge in [0, 0.05) is 11.6 Å². The highest BCUT2D eigenvalue weighted by molar-refractivity contribution is 6.44. The van der Waals surface area contributed by atoms with Crippen molar-refractivity contribution in [3.63, 3.8) is 0 Å². The molecule has 0 atom stereocenters. The maximum atomic E-state index is 11.9. The second-order valence-corrected chi connectivity index (χ2v) is 5.01. The standard InChI is InChI=1S/C13H5Cl2N5O3/c14-7-1-2-8(20(22)23)10(11(7)15)9-5(3-16)12(18)19-13(21)6(9)4-17/h1-2H,(H3,18,19,21). The number of nitro benzene ring substituents is 1. The molecular formula is C13H5Cl2N5O3. The number of aromatic amines is 1. The summed E-state index contributed by atoms with van der Waals surface area (Å²) in [4.78, 5) is 24.5. The number of aromatic nitrogens is 1. The summed E-state index contributed by atoms with van der Waals surface area (Å²) >= 11 is 11.9. The third kappa shape index (κ3) is 2.57. The van der Waals surface area contributed by atoms with Crippen molar-refractivity contribution in [3.8, 4) is 23.3 Å². The summed E-state index contributed by atoms with van der Waals surface area (Å²) in [7, 11) is 0. The first kappa shape index (κ1) is 16.3. The number of nitrogens with one attached hydrogen (secondary N) is 1. The van der Waals surface area contributed by atoms with Crippen LogP contribution in [0.5, 0.6) is 0 Å². The van der Waals surface area contributed by atoms with Crippen LogP contribution < -0.4 is 11.3 Å². The number of anilines is 1. The van der Waals surface area contributed by atoms with E-state index in [9.17, 15) is 25.4 Å². The molecule has 0 spiro atoms. The molecule has 0 fully saturated rings. The van der Waals surface area contributed by atoms with Crippen LogP contribution in [-0.4, -0.2) is 9.91 Å². The zero-order valence-corrected chi connectivity index (χ0v) is 12.6. The minimum Gasteiger partial charge on any atom is -0.384 e. The van der Waals surface area contributed by atoms with Crippen LogP contribution in [0.15, 0.2) is 16.9 Å². The topological polar surface area (TPSA) is 150 Å². The molecule has 2 aromatic rings. The molecule has 10 heteroatoms. The van der Waals surface area contributed by atoms with E-state index in [4.69, 9.17) is 28.9 Å². The second kappa shape index (κ2) is 5.97. The molecule has 8 nitrogen and oxygen atoms in total.